The number of rotatable bonds is 7. The maximum Gasteiger partial charge on any atom is 0.245 e. The molecule has 47 heavy (non-hydrogen) atoms. The van der Waals surface area contributed by atoms with Gasteiger partial charge in [0.25, 0.3) is 0 Å². The summed E-state index contributed by atoms with van der Waals surface area (Å²) in [4.78, 5) is 80.6. The van der Waals surface area contributed by atoms with Crippen LogP contribution in [0.2, 0.25) is 0 Å². The SMILES string of the molecule is Cc1cc(C)n(CCC(=O)N2CCNC(=O)[C@@H](Cc3ccccc3)NC(=O)[C@H](CO)NC(=O)[C@H](C)NC(=O)[C@@H](C(C)C)NC(=O)C2)n1. The van der Waals surface area contributed by atoms with Gasteiger partial charge in [0.2, 0.25) is 35.4 Å². The topological polar surface area (TPSA) is 204 Å². The molecule has 1 aliphatic rings. The standard InChI is InChI=1S/C32H46N8O7/c1-19(2)28-32(47)34-22(5)29(44)36-25(18-41)31(46)35-24(16-23-9-7-6-8-10-23)30(45)33-12-14-39(17-26(42)37-28)27(43)11-13-40-21(4)15-20(3)38-40/h6-10,15,19,22,24-25,28,41H,11-14,16-18H2,1-5H3,(H,33,45)(H,34,47)(H,35,46)(H,36,44)(H,37,42)/t22-,24+,25-,28+/m0/s1. The second-order valence-electron chi connectivity index (χ2n) is 12.0. The van der Waals surface area contributed by atoms with E-state index in [0.717, 1.165) is 17.0 Å². The number of aromatic nitrogens is 2. The van der Waals surface area contributed by atoms with Crippen molar-refractivity contribution in [2.24, 2.45) is 5.92 Å². The molecule has 0 radical (unpaired) electrons. The second-order valence-corrected chi connectivity index (χ2v) is 12.0. The molecule has 0 bridgehead atoms. The summed E-state index contributed by atoms with van der Waals surface area (Å²) in [7, 11) is 0. The molecule has 15 nitrogen and oxygen atoms in total. The molecule has 1 fully saturated rings. The van der Waals surface area contributed by atoms with Crippen molar-refractivity contribution in [3.05, 3.63) is 53.3 Å². The molecule has 2 heterocycles. The summed E-state index contributed by atoms with van der Waals surface area (Å²) in [5, 5.41) is 27.2. The summed E-state index contributed by atoms with van der Waals surface area (Å²) < 4.78 is 1.70. The molecule has 4 atom stereocenters. The van der Waals surface area contributed by atoms with E-state index in [1.54, 1.807) is 42.8 Å². The smallest absolute Gasteiger partial charge is 0.245 e. The van der Waals surface area contributed by atoms with Gasteiger partial charge in [-0.1, -0.05) is 44.2 Å². The highest BCUT2D eigenvalue weighted by molar-refractivity contribution is 5.96. The van der Waals surface area contributed by atoms with Crippen LogP contribution in [0.3, 0.4) is 0 Å². The predicted molar refractivity (Wildman–Crippen MR) is 171 cm³/mol. The summed E-state index contributed by atoms with van der Waals surface area (Å²) in [6, 6.07) is 6.14. The van der Waals surface area contributed by atoms with Crippen molar-refractivity contribution >= 4 is 35.4 Å². The van der Waals surface area contributed by atoms with Crippen molar-refractivity contribution in [1.29, 1.82) is 0 Å². The molecule has 2 aromatic rings. The van der Waals surface area contributed by atoms with Gasteiger partial charge in [0.1, 0.15) is 24.2 Å². The maximum atomic E-state index is 13.4. The van der Waals surface area contributed by atoms with Gasteiger partial charge in [-0.3, -0.25) is 33.4 Å². The fourth-order valence-electron chi connectivity index (χ4n) is 5.11. The molecule has 3 rings (SSSR count). The van der Waals surface area contributed by atoms with E-state index in [0.29, 0.717) is 0 Å². The first-order valence-corrected chi connectivity index (χ1v) is 15.7. The van der Waals surface area contributed by atoms with E-state index < -0.39 is 60.3 Å². The number of aliphatic hydroxyl groups excluding tert-OH is 1. The monoisotopic (exact) mass is 654 g/mol. The van der Waals surface area contributed by atoms with Gasteiger partial charge < -0.3 is 36.6 Å². The van der Waals surface area contributed by atoms with Gasteiger partial charge in [-0.05, 0) is 38.3 Å². The zero-order valence-electron chi connectivity index (χ0n) is 27.5. The van der Waals surface area contributed by atoms with Crippen molar-refractivity contribution in [3.8, 4) is 0 Å². The summed E-state index contributed by atoms with van der Waals surface area (Å²) in [6.45, 7) is 7.58. The number of nitrogens with one attached hydrogen (secondary N) is 5. The Morgan fingerprint density at radius 1 is 0.936 bits per heavy atom. The molecule has 0 spiro atoms. The van der Waals surface area contributed by atoms with Gasteiger partial charge in [0.15, 0.2) is 0 Å². The number of aryl methyl sites for hydroxylation is 3. The van der Waals surface area contributed by atoms with Crippen LogP contribution in [0.25, 0.3) is 0 Å². The van der Waals surface area contributed by atoms with Gasteiger partial charge in [-0.25, -0.2) is 0 Å². The normalized spacial score (nSPS) is 22.4. The first kappa shape index (κ1) is 36.7. The Balaban J connectivity index is 1.88. The van der Waals surface area contributed by atoms with Crippen molar-refractivity contribution in [1.82, 2.24) is 41.3 Å². The molecule has 1 saturated heterocycles. The number of carbonyl (C=O) groups excluding carboxylic acids is 6. The molecular formula is C32H46N8O7. The largest absolute Gasteiger partial charge is 0.394 e. The molecule has 1 aliphatic heterocycles. The maximum absolute atomic E-state index is 13.4. The zero-order valence-corrected chi connectivity index (χ0v) is 27.5. The Kier molecular flexibility index (Phi) is 13.4. The lowest BCUT2D eigenvalue weighted by atomic mass is 10.0. The van der Waals surface area contributed by atoms with E-state index in [2.05, 4.69) is 31.7 Å². The average Bonchev–Trinajstić information content (AvgIpc) is 3.35. The molecule has 0 aliphatic carbocycles. The highest BCUT2D eigenvalue weighted by Crippen LogP contribution is 2.08. The van der Waals surface area contributed by atoms with Crippen molar-refractivity contribution < 1.29 is 33.9 Å². The van der Waals surface area contributed by atoms with Crippen molar-refractivity contribution in [2.75, 3.05) is 26.2 Å². The minimum atomic E-state index is -1.41. The number of benzene rings is 1. The van der Waals surface area contributed by atoms with Crippen LogP contribution in [0, 0.1) is 19.8 Å². The Hall–Kier alpha value is -4.79. The average molecular weight is 655 g/mol. The fraction of sp³-hybridized carbons (Fsp3) is 0.531. The van der Waals surface area contributed by atoms with Gasteiger partial charge in [0.05, 0.1) is 18.8 Å². The quantitative estimate of drug-likeness (QED) is 0.211. The molecule has 1 aromatic heterocycles. The van der Waals surface area contributed by atoms with Crippen LogP contribution >= 0.6 is 0 Å². The van der Waals surface area contributed by atoms with Crippen LogP contribution in [0.4, 0.5) is 0 Å². The van der Waals surface area contributed by atoms with E-state index in [4.69, 9.17) is 0 Å². The van der Waals surface area contributed by atoms with Gasteiger partial charge in [0, 0.05) is 38.2 Å². The number of amides is 6. The third kappa shape index (κ3) is 10.9. The number of carbonyl (C=O) groups is 6. The molecule has 1 aromatic carbocycles. The summed E-state index contributed by atoms with van der Waals surface area (Å²) in [5.41, 5.74) is 2.43. The highest BCUT2D eigenvalue weighted by Gasteiger charge is 2.31. The van der Waals surface area contributed by atoms with E-state index in [1.807, 2.05) is 26.0 Å². The molecule has 0 unspecified atom stereocenters. The second kappa shape index (κ2) is 17.2. The zero-order chi connectivity index (χ0) is 34.7. The van der Waals surface area contributed by atoms with Crippen LogP contribution < -0.4 is 26.6 Å². The fourth-order valence-corrected chi connectivity index (χ4v) is 5.11. The third-order valence-corrected chi connectivity index (χ3v) is 7.76. The van der Waals surface area contributed by atoms with Gasteiger partial charge >= 0.3 is 0 Å². The Morgan fingerprint density at radius 3 is 2.23 bits per heavy atom. The predicted octanol–water partition coefficient (Wildman–Crippen LogP) is -1.30. The lowest BCUT2D eigenvalue weighted by Crippen LogP contribution is -2.60. The summed E-state index contributed by atoms with van der Waals surface area (Å²) >= 11 is 0. The summed E-state index contributed by atoms with van der Waals surface area (Å²) in [5.74, 6) is -4.11. The molecule has 0 saturated carbocycles. The lowest BCUT2D eigenvalue weighted by Gasteiger charge is -2.28. The Labute approximate surface area is 274 Å². The minimum absolute atomic E-state index is 0.0269. The van der Waals surface area contributed by atoms with Crippen LogP contribution in [0.1, 0.15) is 44.1 Å². The van der Waals surface area contributed by atoms with E-state index in [-0.39, 0.29) is 50.8 Å². The number of aliphatic hydroxyl groups is 1. The van der Waals surface area contributed by atoms with Crippen LogP contribution in [0.15, 0.2) is 36.4 Å². The Bertz CT molecular complexity index is 1430. The van der Waals surface area contributed by atoms with E-state index in [9.17, 15) is 33.9 Å². The van der Waals surface area contributed by atoms with E-state index >= 15 is 0 Å². The van der Waals surface area contributed by atoms with Crippen LogP contribution in [-0.4, -0.2) is 106 Å². The van der Waals surface area contributed by atoms with Crippen molar-refractivity contribution in [3.63, 3.8) is 0 Å². The highest BCUT2D eigenvalue weighted by atomic mass is 16.3. The molecule has 256 valence electrons. The van der Waals surface area contributed by atoms with Crippen LogP contribution in [0.5, 0.6) is 0 Å². The number of hydrogen-bond donors (Lipinski definition) is 6. The van der Waals surface area contributed by atoms with E-state index in [1.165, 1.54) is 11.8 Å². The van der Waals surface area contributed by atoms with Crippen molar-refractivity contribution in [2.45, 2.75) is 78.2 Å². The molecule has 6 amide bonds. The summed E-state index contributed by atoms with van der Waals surface area (Å²) in [6.07, 6.45) is 0.125. The number of hydrogen-bond acceptors (Lipinski definition) is 8. The Morgan fingerprint density at radius 2 is 1.62 bits per heavy atom. The number of nitrogens with zero attached hydrogens (tertiary/aromatic N) is 3. The van der Waals surface area contributed by atoms with Gasteiger partial charge in [-0.15, -0.1) is 0 Å². The first-order chi connectivity index (χ1) is 22.3. The third-order valence-electron chi connectivity index (χ3n) is 7.76. The van der Waals surface area contributed by atoms with Gasteiger partial charge in [-0.2, -0.15) is 5.10 Å². The minimum Gasteiger partial charge on any atom is -0.394 e. The first-order valence-electron chi connectivity index (χ1n) is 15.7. The molecular weight excluding hydrogens is 608 g/mol. The molecule has 15 heteroatoms. The lowest BCUT2D eigenvalue weighted by molar-refractivity contribution is -0.138. The van der Waals surface area contributed by atoms with Crippen LogP contribution in [-0.2, 0) is 41.7 Å². The molecule has 6 N–H and O–H groups in total.